The Morgan fingerprint density at radius 2 is 2.60 bits per heavy atom. The molecule has 1 rings (SSSR count). The third-order valence-corrected chi connectivity index (χ3v) is 1.13. The minimum Gasteiger partial charge on any atom is -0.336 e. The van der Waals surface area contributed by atoms with E-state index in [0.29, 0.717) is 6.54 Å². The number of hydrogen-bond acceptors (Lipinski definition) is 3. The average molecular weight is 136 g/mol. The summed E-state index contributed by atoms with van der Waals surface area (Å²) in [6, 6.07) is 0. The number of nitriles is 1. The van der Waals surface area contributed by atoms with Crippen molar-refractivity contribution < 1.29 is 0 Å². The normalized spacial score (nSPS) is 8.70. The van der Waals surface area contributed by atoms with Crippen LogP contribution in [0, 0.1) is 11.5 Å². The van der Waals surface area contributed by atoms with E-state index in [1.54, 1.807) is 12.5 Å². The van der Waals surface area contributed by atoms with Crippen LogP contribution >= 0.6 is 0 Å². The van der Waals surface area contributed by atoms with Crippen LogP contribution in [0.5, 0.6) is 0 Å². The molecule has 0 aromatic carbocycles. The van der Waals surface area contributed by atoms with E-state index in [4.69, 9.17) is 5.26 Å². The molecule has 0 aliphatic heterocycles. The van der Waals surface area contributed by atoms with E-state index >= 15 is 0 Å². The number of hydrogen-bond donors (Lipinski definition) is 1. The summed E-state index contributed by atoms with van der Waals surface area (Å²) in [5.41, 5.74) is 0. The van der Waals surface area contributed by atoms with Crippen LogP contribution in [0.15, 0.2) is 18.7 Å². The lowest BCUT2D eigenvalue weighted by molar-refractivity contribution is 0.665. The Morgan fingerprint density at radius 1 is 1.70 bits per heavy atom. The largest absolute Gasteiger partial charge is 0.336 e. The summed E-state index contributed by atoms with van der Waals surface area (Å²) in [5, 5.41) is 10.7. The lowest BCUT2D eigenvalue weighted by Gasteiger charge is -1.97. The van der Waals surface area contributed by atoms with Gasteiger partial charge >= 0.3 is 0 Å². The Balaban J connectivity index is 2.23. The number of nitrogens with zero attached hydrogens (tertiary/aromatic N) is 3. The van der Waals surface area contributed by atoms with Crippen LogP contribution in [0.2, 0.25) is 0 Å². The van der Waals surface area contributed by atoms with Crippen LogP contribution in [-0.2, 0) is 6.54 Å². The van der Waals surface area contributed by atoms with Gasteiger partial charge in [-0.15, -0.1) is 0 Å². The van der Waals surface area contributed by atoms with Crippen LogP contribution < -0.4 is 5.32 Å². The van der Waals surface area contributed by atoms with Crippen molar-refractivity contribution in [3.63, 3.8) is 0 Å². The molecule has 0 radical (unpaired) electrons. The highest BCUT2D eigenvalue weighted by atomic mass is 15.0. The number of aromatic nitrogens is 2. The maximum Gasteiger partial charge on any atom is 0.176 e. The Kier molecular flexibility index (Phi) is 2.32. The van der Waals surface area contributed by atoms with Gasteiger partial charge in [-0.05, 0) is 0 Å². The van der Waals surface area contributed by atoms with Gasteiger partial charge in [0.05, 0.1) is 6.33 Å². The quantitative estimate of drug-likeness (QED) is 0.360. The molecule has 0 bridgehead atoms. The van der Waals surface area contributed by atoms with Gasteiger partial charge in [0.1, 0.15) is 0 Å². The number of rotatable bonds is 3. The van der Waals surface area contributed by atoms with Crippen LogP contribution in [0.3, 0.4) is 0 Å². The first kappa shape index (κ1) is 6.62. The fraction of sp³-hybridized carbons (Fsp3) is 0.333. The zero-order valence-electron chi connectivity index (χ0n) is 5.49. The molecule has 10 heavy (non-hydrogen) atoms. The first-order valence-corrected chi connectivity index (χ1v) is 3.01. The van der Waals surface area contributed by atoms with E-state index < -0.39 is 0 Å². The maximum absolute atomic E-state index is 8.11. The molecule has 0 atom stereocenters. The van der Waals surface area contributed by atoms with Crippen LogP contribution in [0.4, 0.5) is 0 Å². The van der Waals surface area contributed by atoms with E-state index in [0.717, 1.165) is 6.54 Å². The minimum atomic E-state index is 0.660. The molecule has 1 aromatic rings. The van der Waals surface area contributed by atoms with E-state index in [9.17, 15) is 0 Å². The van der Waals surface area contributed by atoms with Gasteiger partial charge in [-0.3, -0.25) is 0 Å². The predicted molar refractivity (Wildman–Crippen MR) is 35.8 cm³/mol. The molecule has 0 spiro atoms. The van der Waals surface area contributed by atoms with Gasteiger partial charge < -0.3 is 9.88 Å². The first-order chi connectivity index (χ1) is 4.93. The second kappa shape index (κ2) is 3.51. The van der Waals surface area contributed by atoms with Crippen LogP contribution in [0.25, 0.3) is 0 Å². The minimum absolute atomic E-state index is 0.660. The summed E-state index contributed by atoms with van der Waals surface area (Å²) < 4.78 is 1.91. The van der Waals surface area contributed by atoms with Gasteiger partial charge in [-0.1, -0.05) is 0 Å². The van der Waals surface area contributed by atoms with E-state index in [1.165, 1.54) is 0 Å². The maximum atomic E-state index is 8.11. The SMILES string of the molecule is N#CNCCn1ccnc1. The molecule has 0 aliphatic carbocycles. The molecule has 0 saturated heterocycles. The van der Waals surface area contributed by atoms with Crippen molar-refractivity contribution in [3.8, 4) is 6.19 Å². The summed E-state index contributed by atoms with van der Waals surface area (Å²) in [7, 11) is 0. The van der Waals surface area contributed by atoms with Gasteiger partial charge in [-0.2, -0.15) is 5.26 Å². The van der Waals surface area contributed by atoms with Crippen molar-refractivity contribution in [3.05, 3.63) is 18.7 Å². The summed E-state index contributed by atoms with van der Waals surface area (Å²) in [6.07, 6.45) is 7.14. The molecule has 52 valence electrons. The van der Waals surface area contributed by atoms with E-state index in [2.05, 4.69) is 10.3 Å². The predicted octanol–water partition coefficient (Wildman–Crippen LogP) is -0.0462. The van der Waals surface area contributed by atoms with Crippen molar-refractivity contribution >= 4 is 0 Å². The third kappa shape index (κ3) is 1.78. The summed E-state index contributed by atoms with van der Waals surface area (Å²) >= 11 is 0. The Bertz CT molecular complexity index is 208. The fourth-order valence-electron chi connectivity index (χ4n) is 0.660. The first-order valence-electron chi connectivity index (χ1n) is 3.01. The van der Waals surface area contributed by atoms with Crippen molar-refractivity contribution in [2.24, 2.45) is 0 Å². The summed E-state index contributed by atoms with van der Waals surface area (Å²) in [6.45, 7) is 1.44. The zero-order valence-corrected chi connectivity index (χ0v) is 5.49. The van der Waals surface area contributed by atoms with Gasteiger partial charge in [0.15, 0.2) is 6.19 Å². The van der Waals surface area contributed by atoms with Crippen molar-refractivity contribution in [2.45, 2.75) is 6.54 Å². The molecule has 0 fully saturated rings. The van der Waals surface area contributed by atoms with Gasteiger partial charge in [0.25, 0.3) is 0 Å². The Labute approximate surface area is 59.1 Å². The van der Waals surface area contributed by atoms with Gasteiger partial charge in [-0.25, -0.2) is 4.98 Å². The van der Waals surface area contributed by atoms with Crippen LogP contribution in [-0.4, -0.2) is 16.1 Å². The monoisotopic (exact) mass is 136 g/mol. The lowest BCUT2D eigenvalue weighted by atomic mass is 10.6. The standard InChI is InChI=1S/C6H8N4/c7-5-8-1-3-10-4-2-9-6-10/h2,4,6,8H,1,3H2. The third-order valence-electron chi connectivity index (χ3n) is 1.13. The number of nitrogens with one attached hydrogen (secondary N) is 1. The molecule has 1 N–H and O–H groups in total. The molecule has 0 amide bonds. The molecule has 0 aliphatic rings. The molecule has 4 nitrogen and oxygen atoms in total. The highest BCUT2D eigenvalue weighted by Crippen LogP contribution is 1.82. The summed E-state index contributed by atoms with van der Waals surface area (Å²) in [4.78, 5) is 3.85. The fourth-order valence-corrected chi connectivity index (χ4v) is 0.660. The van der Waals surface area contributed by atoms with Crippen molar-refractivity contribution in [1.29, 1.82) is 5.26 Å². The highest BCUT2D eigenvalue weighted by molar-refractivity contribution is 4.75. The van der Waals surface area contributed by atoms with Gasteiger partial charge in [0.2, 0.25) is 0 Å². The number of imidazole rings is 1. The molecular formula is C6H8N4. The zero-order chi connectivity index (χ0) is 7.23. The Hall–Kier alpha value is -1.50. The highest BCUT2D eigenvalue weighted by Gasteiger charge is 1.85. The molecular weight excluding hydrogens is 128 g/mol. The molecule has 0 saturated carbocycles. The van der Waals surface area contributed by atoms with Crippen LogP contribution in [0.1, 0.15) is 0 Å². The molecule has 0 unspecified atom stereocenters. The smallest absolute Gasteiger partial charge is 0.176 e. The average Bonchev–Trinajstić information content (AvgIpc) is 2.41. The van der Waals surface area contributed by atoms with Crippen molar-refractivity contribution in [2.75, 3.05) is 6.54 Å². The second-order valence-corrected chi connectivity index (χ2v) is 1.84. The lowest BCUT2D eigenvalue weighted by Crippen LogP contribution is -2.13. The van der Waals surface area contributed by atoms with Gasteiger partial charge in [0, 0.05) is 25.5 Å². The van der Waals surface area contributed by atoms with E-state index in [1.807, 2.05) is 17.0 Å². The van der Waals surface area contributed by atoms with Crippen molar-refractivity contribution in [1.82, 2.24) is 14.9 Å². The second-order valence-electron chi connectivity index (χ2n) is 1.84. The topological polar surface area (TPSA) is 53.6 Å². The molecule has 1 aromatic heterocycles. The van der Waals surface area contributed by atoms with E-state index in [-0.39, 0.29) is 0 Å². The summed E-state index contributed by atoms with van der Waals surface area (Å²) in [5.74, 6) is 0. The molecule has 4 heteroatoms. The Morgan fingerprint density at radius 3 is 3.20 bits per heavy atom. The molecule has 1 heterocycles.